The van der Waals surface area contributed by atoms with E-state index in [4.69, 9.17) is 23.2 Å². The zero-order valence-electron chi connectivity index (χ0n) is 19.4. The molecule has 1 amide bonds. The van der Waals surface area contributed by atoms with Crippen LogP contribution in [0.5, 0.6) is 0 Å². The van der Waals surface area contributed by atoms with Crippen LogP contribution in [-0.4, -0.2) is 56.3 Å². The van der Waals surface area contributed by atoms with Gasteiger partial charge in [0.2, 0.25) is 15.9 Å². The van der Waals surface area contributed by atoms with Crippen molar-refractivity contribution in [3.8, 4) is 0 Å². The first kappa shape index (κ1) is 25.5. The molecule has 1 saturated heterocycles. The molecular weight excluding hydrogens is 505 g/mol. The SMILES string of the molecule is Cc1ccc(Cl)cc1N1CCN(C(=O)CN(Cc2ccccc2)S(=O)(=O)c2ccc(Cl)cc2)CC1. The van der Waals surface area contributed by atoms with Crippen LogP contribution < -0.4 is 4.90 Å². The second kappa shape index (κ2) is 11.0. The molecule has 0 bridgehead atoms. The topological polar surface area (TPSA) is 60.9 Å². The molecule has 3 aromatic carbocycles. The minimum Gasteiger partial charge on any atom is -0.368 e. The van der Waals surface area contributed by atoms with Crippen LogP contribution in [0.2, 0.25) is 10.0 Å². The lowest BCUT2D eigenvalue weighted by molar-refractivity contribution is -0.131. The number of halogens is 2. The second-order valence-corrected chi connectivity index (χ2v) is 11.3. The molecule has 1 aliphatic heterocycles. The van der Waals surface area contributed by atoms with Crippen molar-refractivity contribution < 1.29 is 13.2 Å². The van der Waals surface area contributed by atoms with Crippen molar-refractivity contribution in [2.24, 2.45) is 0 Å². The summed E-state index contributed by atoms with van der Waals surface area (Å²) < 4.78 is 28.2. The number of anilines is 1. The Hall–Kier alpha value is -2.58. The first-order chi connectivity index (χ1) is 16.7. The smallest absolute Gasteiger partial charge is 0.243 e. The van der Waals surface area contributed by atoms with Gasteiger partial charge in [-0.3, -0.25) is 4.79 Å². The number of piperazine rings is 1. The van der Waals surface area contributed by atoms with E-state index in [0.29, 0.717) is 36.2 Å². The van der Waals surface area contributed by atoms with Gasteiger partial charge in [-0.05, 0) is 54.4 Å². The van der Waals surface area contributed by atoms with Gasteiger partial charge < -0.3 is 9.80 Å². The van der Waals surface area contributed by atoms with Crippen molar-refractivity contribution in [3.63, 3.8) is 0 Å². The summed E-state index contributed by atoms with van der Waals surface area (Å²) in [4.78, 5) is 17.3. The third kappa shape index (κ3) is 6.16. The van der Waals surface area contributed by atoms with Crippen LogP contribution in [0.1, 0.15) is 11.1 Å². The first-order valence-corrected chi connectivity index (χ1v) is 13.5. The molecule has 6 nitrogen and oxygen atoms in total. The van der Waals surface area contributed by atoms with E-state index in [2.05, 4.69) is 4.90 Å². The molecule has 184 valence electrons. The third-order valence-electron chi connectivity index (χ3n) is 6.11. The molecule has 1 fully saturated rings. The summed E-state index contributed by atoms with van der Waals surface area (Å²) in [6.45, 7) is 4.20. The number of hydrogen-bond acceptors (Lipinski definition) is 4. The first-order valence-electron chi connectivity index (χ1n) is 11.3. The highest BCUT2D eigenvalue weighted by Gasteiger charge is 2.30. The number of hydrogen-bond donors (Lipinski definition) is 0. The highest BCUT2D eigenvalue weighted by atomic mass is 35.5. The lowest BCUT2D eigenvalue weighted by Crippen LogP contribution is -2.51. The van der Waals surface area contributed by atoms with Crippen LogP contribution in [0.25, 0.3) is 0 Å². The van der Waals surface area contributed by atoms with Gasteiger partial charge in [0.1, 0.15) is 0 Å². The van der Waals surface area contributed by atoms with E-state index in [1.165, 1.54) is 28.6 Å². The number of benzene rings is 3. The number of nitrogens with zero attached hydrogens (tertiary/aromatic N) is 3. The molecule has 4 rings (SSSR count). The Morgan fingerprint density at radius 1 is 0.886 bits per heavy atom. The van der Waals surface area contributed by atoms with Crippen LogP contribution in [0.4, 0.5) is 5.69 Å². The maximum atomic E-state index is 13.5. The van der Waals surface area contributed by atoms with E-state index in [0.717, 1.165) is 16.8 Å². The Morgan fingerprint density at radius 2 is 1.51 bits per heavy atom. The zero-order valence-corrected chi connectivity index (χ0v) is 21.7. The van der Waals surface area contributed by atoms with Crippen LogP contribution in [0, 0.1) is 6.92 Å². The van der Waals surface area contributed by atoms with Crippen LogP contribution in [-0.2, 0) is 21.4 Å². The van der Waals surface area contributed by atoms with Crippen molar-refractivity contribution in [3.05, 3.63) is 94.0 Å². The molecule has 0 aliphatic carbocycles. The third-order valence-corrected chi connectivity index (χ3v) is 8.40. The van der Waals surface area contributed by atoms with Crippen LogP contribution >= 0.6 is 23.2 Å². The van der Waals surface area contributed by atoms with Crippen LogP contribution in [0.15, 0.2) is 77.7 Å². The van der Waals surface area contributed by atoms with Crippen LogP contribution in [0.3, 0.4) is 0 Å². The summed E-state index contributed by atoms with van der Waals surface area (Å²) in [6.07, 6.45) is 0. The van der Waals surface area contributed by atoms with E-state index < -0.39 is 10.0 Å². The van der Waals surface area contributed by atoms with Gasteiger partial charge in [-0.2, -0.15) is 4.31 Å². The molecule has 0 unspecified atom stereocenters. The Kier molecular flexibility index (Phi) is 8.02. The maximum Gasteiger partial charge on any atom is 0.243 e. The van der Waals surface area contributed by atoms with Gasteiger partial charge in [0.15, 0.2) is 0 Å². The molecule has 1 heterocycles. The molecular formula is C26H27Cl2N3O3S. The molecule has 0 aromatic heterocycles. The Labute approximate surface area is 216 Å². The van der Waals surface area contributed by atoms with Gasteiger partial charge in [0, 0.05) is 48.5 Å². The number of carbonyl (C=O) groups excluding carboxylic acids is 1. The molecule has 0 atom stereocenters. The predicted molar refractivity (Wildman–Crippen MR) is 140 cm³/mol. The van der Waals surface area contributed by atoms with Gasteiger partial charge in [0.05, 0.1) is 11.4 Å². The monoisotopic (exact) mass is 531 g/mol. The standard InChI is InChI=1S/C26H27Cl2N3O3S/c1-20-7-8-23(28)17-25(20)29-13-15-30(16-14-29)26(32)19-31(18-21-5-3-2-4-6-21)35(33,34)24-11-9-22(27)10-12-24/h2-12,17H,13-16,18-19H2,1H3. The lowest BCUT2D eigenvalue weighted by atomic mass is 10.1. The van der Waals surface area contributed by atoms with E-state index in [1.807, 2.05) is 55.5 Å². The summed E-state index contributed by atoms with van der Waals surface area (Å²) in [6, 6.07) is 21.0. The van der Waals surface area contributed by atoms with Crippen molar-refractivity contribution in [1.82, 2.24) is 9.21 Å². The maximum absolute atomic E-state index is 13.5. The number of rotatable bonds is 7. The summed E-state index contributed by atoms with van der Waals surface area (Å²) in [7, 11) is -3.91. The van der Waals surface area contributed by atoms with Gasteiger partial charge >= 0.3 is 0 Å². The lowest BCUT2D eigenvalue weighted by Gasteiger charge is -2.37. The fraction of sp³-hybridized carbons (Fsp3) is 0.269. The fourth-order valence-corrected chi connectivity index (χ4v) is 5.81. The molecule has 1 aliphatic rings. The fourth-order valence-electron chi connectivity index (χ4n) is 4.14. The largest absolute Gasteiger partial charge is 0.368 e. The van der Waals surface area contributed by atoms with E-state index in [-0.39, 0.29) is 23.9 Å². The van der Waals surface area contributed by atoms with E-state index >= 15 is 0 Å². The molecule has 0 radical (unpaired) electrons. The molecule has 0 spiro atoms. The quantitative estimate of drug-likeness (QED) is 0.437. The van der Waals surface area contributed by atoms with Gasteiger partial charge in [-0.1, -0.05) is 59.6 Å². The summed E-state index contributed by atoms with van der Waals surface area (Å²) >= 11 is 12.1. The second-order valence-electron chi connectivity index (χ2n) is 8.51. The molecule has 0 saturated carbocycles. The molecule has 3 aromatic rings. The number of carbonyl (C=O) groups is 1. The Morgan fingerprint density at radius 3 is 2.17 bits per heavy atom. The number of sulfonamides is 1. The van der Waals surface area contributed by atoms with Crippen molar-refractivity contribution in [2.75, 3.05) is 37.6 Å². The van der Waals surface area contributed by atoms with E-state index in [1.54, 1.807) is 4.90 Å². The zero-order chi connectivity index (χ0) is 25.0. The summed E-state index contributed by atoms with van der Waals surface area (Å²) in [5.41, 5.74) is 2.98. The molecule has 0 N–H and O–H groups in total. The van der Waals surface area contributed by atoms with Gasteiger partial charge in [-0.15, -0.1) is 0 Å². The minimum atomic E-state index is -3.91. The van der Waals surface area contributed by atoms with E-state index in [9.17, 15) is 13.2 Å². The highest BCUT2D eigenvalue weighted by Crippen LogP contribution is 2.26. The highest BCUT2D eigenvalue weighted by molar-refractivity contribution is 7.89. The normalized spacial score (nSPS) is 14.4. The minimum absolute atomic E-state index is 0.0964. The van der Waals surface area contributed by atoms with Gasteiger partial charge in [-0.25, -0.2) is 8.42 Å². The van der Waals surface area contributed by atoms with Gasteiger partial charge in [0.25, 0.3) is 0 Å². The Balaban J connectivity index is 1.49. The Bertz CT molecular complexity index is 1280. The van der Waals surface area contributed by atoms with Crippen molar-refractivity contribution in [2.45, 2.75) is 18.4 Å². The average molecular weight is 532 g/mol. The van der Waals surface area contributed by atoms with Crippen molar-refractivity contribution >= 4 is 44.8 Å². The number of amides is 1. The summed E-state index contributed by atoms with van der Waals surface area (Å²) in [5, 5.41) is 1.12. The predicted octanol–water partition coefficient (Wildman–Crippen LogP) is 4.84. The average Bonchev–Trinajstić information content (AvgIpc) is 2.86. The summed E-state index contributed by atoms with van der Waals surface area (Å²) in [5.74, 6) is -0.221. The van der Waals surface area contributed by atoms with Crippen molar-refractivity contribution in [1.29, 1.82) is 0 Å². The molecule has 9 heteroatoms. The molecule has 35 heavy (non-hydrogen) atoms. The number of aryl methyl sites for hydroxylation is 1.